The molecule has 0 bridgehead atoms. The zero-order valence-electron chi connectivity index (χ0n) is 11.8. The molecule has 1 N–H and O–H groups in total. The van der Waals surface area contributed by atoms with Gasteiger partial charge >= 0.3 is 0 Å². The number of nitrogens with zero attached hydrogens (tertiary/aromatic N) is 2. The fourth-order valence-corrected chi connectivity index (χ4v) is 2.28. The van der Waals surface area contributed by atoms with Gasteiger partial charge in [0.1, 0.15) is 0 Å². The Morgan fingerprint density at radius 1 is 1.43 bits per heavy atom. The van der Waals surface area contributed by atoms with Crippen molar-refractivity contribution in [3.8, 4) is 0 Å². The lowest BCUT2D eigenvalue weighted by atomic mass is 10.0. The van der Waals surface area contributed by atoms with Crippen LogP contribution in [-0.2, 0) is 0 Å². The van der Waals surface area contributed by atoms with Gasteiger partial charge in [-0.25, -0.2) is 4.98 Å². The lowest BCUT2D eigenvalue weighted by Crippen LogP contribution is -2.10. The molecule has 1 unspecified atom stereocenters. The van der Waals surface area contributed by atoms with Gasteiger partial charge in [0, 0.05) is 18.3 Å². The Bertz CT molecular complexity index is 661. The monoisotopic (exact) mass is 305 g/mol. The Labute approximate surface area is 128 Å². The Balaban J connectivity index is 2.29. The molecule has 1 aromatic carbocycles. The first-order valence-corrected chi connectivity index (χ1v) is 7.02. The molecule has 110 valence electrons. The van der Waals surface area contributed by atoms with Crippen molar-refractivity contribution in [1.29, 1.82) is 0 Å². The molecule has 1 heterocycles. The van der Waals surface area contributed by atoms with Crippen molar-refractivity contribution in [2.45, 2.75) is 26.3 Å². The van der Waals surface area contributed by atoms with Crippen LogP contribution in [0.1, 0.15) is 30.5 Å². The molecule has 0 spiro atoms. The number of anilines is 1. The summed E-state index contributed by atoms with van der Waals surface area (Å²) < 4.78 is 0. The molecular weight excluding hydrogens is 290 g/mol. The van der Waals surface area contributed by atoms with E-state index in [1.54, 1.807) is 18.3 Å². The smallest absolute Gasteiger partial charge is 0.269 e. The second-order valence-corrected chi connectivity index (χ2v) is 5.17. The van der Waals surface area contributed by atoms with Gasteiger partial charge < -0.3 is 5.32 Å². The van der Waals surface area contributed by atoms with Crippen LogP contribution in [0.3, 0.4) is 0 Å². The first-order valence-electron chi connectivity index (χ1n) is 6.64. The van der Waals surface area contributed by atoms with Gasteiger partial charge in [0.15, 0.2) is 5.15 Å². The number of halogens is 1. The van der Waals surface area contributed by atoms with Crippen LogP contribution >= 0.6 is 11.6 Å². The molecule has 0 saturated heterocycles. The normalized spacial score (nSPS) is 12.0. The molecule has 0 aliphatic carbocycles. The van der Waals surface area contributed by atoms with Crippen molar-refractivity contribution in [1.82, 2.24) is 4.98 Å². The van der Waals surface area contributed by atoms with Crippen molar-refractivity contribution in [2.24, 2.45) is 0 Å². The largest absolute Gasteiger partial charge is 0.376 e. The quantitative estimate of drug-likeness (QED) is 0.501. The molecule has 6 heteroatoms. The molecule has 2 rings (SSSR count). The standard InChI is InChI=1S/C15H16ClN3O2/c1-3-13(11-5-4-6-12(8-11)19(20)21)18-14-7-10(2)9-17-15(14)16/h4-9,13,18H,3H2,1-2H3. The van der Waals surface area contributed by atoms with E-state index in [2.05, 4.69) is 10.3 Å². The first kappa shape index (κ1) is 15.3. The SMILES string of the molecule is CCC(Nc1cc(C)cnc1Cl)c1cccc([N+](=O)[O-])c1. The van der Waals surface area contributed by atoms with Crippen molar-refractivity contribution in [3.05, 3.63) is 62.9 Å². The van der Waals surface area contributed by atoms with Crippen molar-refractivity contribution < 1.29 is 4.92 Å². The number of aromatic nitrogens is 1. The van der Waals surface area contributed by atoms with E-state index in [0.717, 1.165) is 23.2 Å². The number of pyridine rings is 1. The number of hydrogen-bond acceptors (Lipinski definition) is 4. The first-order chi connectivity index (χ1) is 10.0. The number of nitrogens with one attached hydrogen (secondary N) is 1. The van der Waals surface area contributed by atoms with Crippen LogP contribution in [0.15, 0.2) is 36.5 Å². The highest BCUT2D eigenvalue weighted by Gasteiger charge is 2.15. The third-order valence-corrected chi connectivity index (χ3v) is 3.50. The topological polar surface area (TPSA) is 68.1 Å². The van der Waals surface area contributed by atoms with Crippen LogP contribution in [0, 0.1) is 17.0 Å². The molecule has 0 aliphatic heterocycles. The number of non-ortho nitro benzene ring substituents is 1. The van der Waals surface area contributed by atoms with E-state index in [4.69, 9.17) is 11.6 Å². The van der Waals surface area contributed by atoms with Crippen molar-refractivity contribution in [2.75, 3.05) is 5.32 Å². The molecular formula is C15H16ClN3O2. The number of hydrogen-bond donors (Lipinski definition) is 1. The second-order valence-electron chi connectivity index (χ2n) is 4.81. The van der Waals surface area contributed by atoms with Gasteiger partial charge in [-0.2, -0.15) is 0 Å². The summed E-state index contributed by atoms with van der Waals surface area (Å²) in [6, 6.07) is 8.47. The molecule has 1 aromatic heterocycles. The van der Waals surface area contributed by atoms with Crippen LogP contribution in [0.2, 0.25) is 5.15 Å². The minimum Gasteiger partial charge on any atom is -0.376 e. The molecule has 21 heavy (non-hydrogen) atoms. The molecule has 1 atom stereocenters. The van der Waals surface area contributed by atoms with Gasteiger partial charge in [-0.05, 0) is 30.5 Å². The Hall–Kier alpha value is -2.14. The summed E-state index contributed by atoms with van der Waals surface area (Å²) in [5.41, 5.74) is 2.66. The molecule has 2 aromatic rings. The summed E-state index contributed by atoms with van der Waals surface area (Å²) in [6.07, 6.45) is 2.47. The maximum absolute atomic E-state index is 10.9. The maximum atomic E-state index is 10.9. The zero-order chi connectivity index (χ0) is 15.4. The lowest BCUT2D eigenvalue weighted by molar-refractivity contribution is -0.384. The van der Waals surface area contributed by atoms with Gasteiger partial charge in [-0.1, -0.05) is 30.7 Å². The summed E-state index contributed by atoms with van der Waals surface area (Å²) in [7, 11) is 0. The second kappa shape index (κ2) is 6.54. The molecule has 0 aliphatic rings. The average Bonchev–Trinajstić information content (AvgIpc) is 2.48. The van der Waals surface area contributed by atoms with E-state index in [-0.39, 0.29) is 11.7 Å². The fourth-order valence-electron chi connectivity index (χ4n) is 2.12. The number of nitro groups is 1. The van der Waals surface area contributed by atoms with E-state index in [1.165, 1.54) is 6.07 Å². The fraction of sp³-hybridized carbons (Fsp3) is 0.267. The Kier molecular flexibility index (Phi) is 4.75. The predicted molar refractivity (Wildman–Crippen MR) is 83.7 cm³/mol. The summed E-state index contributed by atoms with van der Waals surface area (Å²) in [6.45, 7) is 3.94. The predicted octanol–water partition coefficient (Wildman–Crippen LogP) is 4.51. The highest BCUT2D eigenvalue weighted by Crippen LogP contribution is 2.28. The Morgan fingerprint density at radius 3 is 2.86 bits per heavy atom. The van der Waals surface area contributed by atoms with Crippen molar-refractivity contribution in [3.63, 3.8) is 0 Å². The van der Waals surface area contributed by atoms with E-state index in [9.17, 15) is 10.1 Å². The summed E-state index contributed by atoms with van der Waals surface area (Å²) in [5, 5.41) is 14.6. The maximum Gasteiger partial charge on any atom is 0.269 e. The van der Waals surface area contributed by atoms with Crippen LogP contribution < -0.4 is 5.32 Å². The van der Waals surface area contributed by atoms with Crippen LogP contribution in [0.5, 0.6) is 0 Å². The lowest BCUT2D eigenvalue weighted by Gasteiger charge is -2.19. The molecule has 0 fully saturated rings. The van der Waals surface area contributed by atoms with Crippen molar-refractivity contribution >= 4 is 23.0 Å². The van der Waals surface area contributed by atoms with Crippen LogP contribution in [0.25, 0.3) is 0 Å². The third-order valence-electron chi connectivity index (χ3n) is 3.20. The van der Waals surface area contributed by atoms with Gasteiger partial charge in [0.05, 0.1) is 16.7 Å². The summed E-state index contributed by atoms with van der Waals surface area (Å²) in [4.78, 5) is 14.6. The Morgan fingerprint density at radius 2 is 2.19 bits per heavy atom. The zero-order valence-corrected chi connectivity index (χ0v) is 12.6. The van der Waals surface area contributed by atoms with E-state index >= 15 is 0 Å². The van der Waals surface area contributed by atoms with Gasteiger partial charge in [0.2, 0.25) is 0 Å². The molecule has 0 radical (unpaired) electrons. The highest BCUT2D eigenvalue weighted by atomic mass is 35.5. The average molecular weight is 306 g/mol. The molecule has 0 amide bonds. The number of rotatable bonds is 5. The highest BCUT2D eigenvalue weighted by molar-refractivity contribution is 6.32. The van der Waals surface area contributed by atoms with E-state index in [1.807, 2.05) is 26.0 Å². The number of aryl methyl sites for hydroxylation is 1. The minimum atomic E-state index is -0.391. The van der Waals surface area contributed by atoms with E-state index in [0.29, 0.717) is 5.15 Å². The summed E-state index contributed by atoms with van der Waals surface area (Å²) in [5.74, 6) is 0. The van der Waals surface area contributed by atoms with Gasteiger partial charge in [0.25, 0.3) is 5.69 Å². The third kappa shape index (κ3) is 3.70. The number of nitro benzene ring substituents is 1. The van der Waals surface area contributed by atoms with Gasteiger partial charge in [-0.3, -0.25) is 10.1 Å². The number of benzene rings is 1. The summed E-state index contributed by atoms with van der Waals surface area (Å²) >= 11 is 6.08. The minimum absolute atomic E-state index is 0.0639. The van der Waals surface area contributed by atoms with Gasteiger partial charge in [-0.15, -0.1) is 0 Å². The van der Waals surface area contributed by atoms with E-state index < -0.39 is 4.92 Å². The molecule has 0 saturated carbocycles. The van der Waals surface area contributed by atoms with Crippen LogP contribution in [-0.4, -0.2) is 9.91 Å². The molecule has 5 nitrogen and oxygen atoms in total. The van der Waals surface area contributed by atoms with Crippen LogP contribution in [0.4, 0.5) is 11.4 Å².